The first kappa shape index (κ1) is 14.6. The second-order valence-corrected chi connectivity index (χ2v) is 4.77. The Labute approximate surface area is 109 Å². The normalized spacial score (nSPS) is 14.0. The van der Waals surface area contributed by atoms with Gasteiger partial charge in [-0.15, -0.1) is 0 Å². The third-order valence-corrected chi connectivity index (χ3v) is 2.51. The zero-order chi connectivity index (χ0) is 13.5. The molecule has 0 aliphatic carbocycles. The van der Waals surface area contributed by atoms with E-state index in [-0.39, 0.29) is 12.1 Å². The van der Waals surface area contributed by atoms with Crippen molar-refractivity contribution in [1.29, 1.82) is 0 Å². The van der Waals surface area contributed by atoms with E-state index in [0.717, 1.165) is 17.9 Å². The minimum absolute atomic E-state index is 0.186. The molecule has 0 bridgehead atoms. The van der Waals surface area contributed by atoms with Crippen molar-refractivity contribution in [3.63, 3.8) is 0 Å². The Bertz CT molecular complexity index is 367. The predicted molar refractivity (Wildman–Crippen MR) is 76.0 cm³/mol. The standard InChI is InChI=1S/C14H24N2O2/c1-4-5-18-14-8-12(15)7-13(9-14)16-10(2)6-11(3)17/h7-11,16-17H,4-6,15H2,1-3H3. The molecular formula is C14H24N2O2. The molecule has 0 aromatic heterocycles. The summed E-state index contributed by atoms with van der Waals surface area (Å²) in [5.41, 5.74) is 7.44. The summed E-state index contributed by atoms with van der Waals surface area (Å²) in [4.78, 5) is 0. The van der Waals surface area contributed by atoms with Crippen molar-refractivity contribution in [3.05, 3.63) is 18.2 Å². The highest BCUT2D eigenvalue weighted by atomic mass is 16.5. The summed E-state index contributed by atoms with van der Waals surface area (Å²) in [6.07, 6.45) is 1.35. The molecule has 1 aromatic rings. The van der Waals surface area contributed by atoms with Crippen molar-refractivity contribution >= 4 is 11.4 Å². The van der Waals surface area contributed by atoms with Crippen LogP contribution in [0, 0.1) is 0 Å². The highest BCUT2D eigenvalue weighted by molar-refractivity contribution is 5.59. The van der Waals surface area contributed by atoms with Gasteiger partial charge in [0, 0.05) is 29.5 Å². The molecule has 0 saturated carbocycles. The van der Waals surface area contributed by atoms with Gasteiger partial charge in [0.2, 0.25) is 0 Å². The zero-order valence-electron chi connectivity index (χ0n) is 11.4. The van der Waals surface area contributed by atoms with Crippen LogP contribution in [0.15, 0.2) is 18.2 Å². The van der Waals surface area contributed by atoms with E-state index in [1.807, 2.05) is 25.1 Å². The van der Waals surface area contributed by atoms with Crippen LogP contribution in [-0.4, -0.2) is 23.9 Å². The maximum absolute atomic E-state index is 9.34. The highest BCUT2D eigenvalue weighted by Crippen LogP contribution is 2.23. The van der Waals surface area contributed by atoms with Gasteiger partial charge in [0.15, 0.2) is 0 Å². The Morgan fingerprint density at radius 3 is 2.67 bits per heavy atom. The molecule has 0 aliphatic rings. The van der Waals surface area contributed by atoms with Crippen LogP contribution in [0.3, 0.4) is 0 Å². The fraction of sp³-hybridized carbons (Fsp3) is 0.571. The summed E-state index contributed by atoms with van der Waals surface area (Å²) in [5.74, 6) is 0.781. The Morgan fingerprint density at radius 1 is 1.33 bits per heavy atom. The van der Waals surface area contributed by atoms with Gasteiger partial charge in [0.05, 0.1) is 12.7 Å². The Hall–Kier alpha value is -1.42. The molecule has 0 saturated heterocycles. The maximum atomic E-state index is 9.34. The number of aliphatic hydroxyl groups is 1. The average Bonchev–Trinajstić information content (AvgIpc) is 2.24. The van der Waals surface area contributed by atoms with E-state index in [1.54, 1.807) is 6.92 Å². The van der Waals surface area contributed by atoms with Crippen LogP contribution in [0.25, 0.3) is 0 Å². The molecule has 4 nitrogen and oxygen atoms in total. The summed E-state index contributed by atoms with van der Waals surface area (Å²) < 4.78 is 5.57. The molecule has 4 N–H and O–H groups in total. The van der Waals surface area contributed by atoms with Gasteiger partial charge in [0.25, 0.3) is 0 Å². The zero-order valence-corrected chi connectivity index (χ0v) is 11.4. The Balaban J connectivity index is 2.67. The Morgan fingerprint density at radius 2 is 2.06 bits per heavy atom. The second kappa shape index (κ2) is 7.11. The van der Waals surface area contributed by atoms with Crippen LogP contribution in [0.5, 0.6) is 5.75 Å². The number of hydrogen-bond donors (Lipinski definition) is 3. The van der Waals surface area contributed by atoms with Crippen LogP contribution < -0.4 is 15.8 Å². The lowest BCUT2D eigenvalue weighted by molar-refractivity contribution is 0.179. The first-order valence-electron chi connectivity index (χ1n) is 6.49. The van der Waals surface area contributed by atoms with Crippen LogP contribution in [0.4, 0.5) is 11.4 Å². The summed E-state index contributed by atoms with van der Waals surface area (Å²) >= 11 is 0. The number of ether oxygens (including phenoxy) is 1. The van der Waals surface area contributed by atoms with E-state index < -0.39 is 0 Å². The number of rotatable bonds is 7. The number of nitrogens with two attached hydrogens (primary N) is 1. The lowest BCUT2D eigenvalue weighted by atomic mass is 10.1. The monoisotopic (exact) mass is 252 g/mol. The molecule has 0 amide bonds. The lowest BCUT2D eigenvalue weighted by Crippen LogP contribution is -2.20. The molecule has 4 heteroatoms. The second-order valence-electron chi connectivity index (χ2n) is 4.77. The molecule has 2 unspecified atom stereocenters. The van der Waals surface area contributed by atoms with Crippen LogP contribution >= 0.6 is 0 Å². The fourth-order valence-electron chi connectivity index (χ4n) is 1.86. The third kappa shape index (κ3) is 5.27. The molecule has 1 rings (SSSR count). The largest absolute Gasteiger partial charge is 0.493 e. The summed E-state index contributed by atoms with van der Waals surface area (Å²) in [7, 11) is 0. The number of anilines is 2. The molecule has 1 aromatic carbocycles. The Kier molecular flexibility index (Phi) is 5.78. The van der Waals surface area contributed by atoms with E-state index in [0.29, 0.717) is 18.7 Å². The maximum Gasteiger partial charge on any atom is 0.123 e. The summed E-state index contributed by atoms with van der Waals surface area (Å²) in [6, 6.07) is 5.81. The molecular weight excluding hydrogens is 228 g/mol. The fourth-order valence-corrected chi connectivity index (χ4v) is 1.86. The number of nitrogen functional groups attached to an aromatic ring is 1. The van der Waals surface area contributed by atoms with E-state index in [1.165, 1.54) is 0 Å². The number of hydrogen-bond acceptors (Lipinski definition) is 4. The van der Waals surface area contributed by atoms with Crippen LogP contribution in [0.1, 0.15) is 33.6 Å². The quantitative estimate of drug-likeness (QED) is 0.653. The molecule has 0 fully saturated rings. The first-order valence-corrected chi connectivity index (χ1v) is 6.49. The van der Waals surface area contributed by atoms with E-state index in [2.05, 4.69) is 12.2 Å². The first-order chi connectivity index (χ1) is 8.51. The molecule has 0 heterocycles. The molecule has 0 radical (unpaired) electrons. The highest BCUT2D eigenvalue weighted by Gasteiger charge is 2.07. The van der Waals surface area contributed by atoms with Gasteiger partial charge in [-0.2, -0.15) is 0 Å². The summed E-state index contributed by atoms with van der Waals surface area (Å²) in [6.45, 7) is 6.57. The van der Waals surface area contributed by atoms with Gasteiger partial charge < -0.3 is 20.9 Å². The molecule has 18 heavy (non-hydrogen) atoms. The van der Waals surface area contributed by atoms with Crippen molar-refractivity contribution < 1.29 is 9.84 Å². The van der Waals surface area contributed by atoms with Gasteiger partial charge in [-0.05, 0) is 32.8 Å². The third-order valence-electron chi connectivity index (χ3n) is 2.51. The van der Waals surface area contributed by atoms with Crippen molar-refractivity contribution in [3.8, 4) is 5.75 Å². The van der Waals surface area contributed by atoms with Crippen molar-refractivity contribution in [2.24, 2.45) is 0 Å². The van der Waals surface area contributed by atoms with Crippen LogP contribution in [0.2, 0.25) is 0 Å². The average molecular weight is 252 g/mol. The van der Waals surface area contributed by atoms with Crippen molar-refractivity contribution in [2.45, 2.75) is 45.8 Å². The van der Waals surface area contributed by atoms with E-state index in [9.17, 15) is 5.11 Å². The van der Waals surface area contributed by atoms with Gasteiger partial charge in [-0.1, -0.05) is 6.92 Å². The SMILES string of the molecule is CCCOc1cc(N)cc(NC(C)CC(C)O)c1. The number of benzene rings is 1. The minimum Gasteiger partial charge on any atom is -0.493 e. The smallest absolute Gasteiger partial charge is 0.123 e. The van der Waals surface area contributed by atoms with Gasteiger partial charge >= 0.3 is 0 Å². The van der Waals surface area contributed by atoms with E-state index in [4.69, 9.17) is 10.5 Å². The van der Waals surface area contributed by atoms with Gasteiger partial charge in [-0.25, -0.2) is 0 Å². The topological polar surface area (TPSA) is 67.5 Å². The number of nitrogens with one attached hydrogen (secondary N) is 1. The molecule has 0 aliphatic heterocycles. The number of aliphatic hydroxyl groups excluding tert-OH is 1. The molecule has 102 valence electrons. The molecule has 2 atom stereocenters. The van der Waals surface area contributed by atoms with E-state index >= 15 is 0 Å². The van der Waals surface area contributed by atoms with Gasteiger partial charge in [-0.3, -0.25) is 0 Å². The summed E-state index contributed by atoms with van der Waals surface area (Å²) in [5, 5.41) is 12.6. The van der Waals surface area contributed by atoms with Gasteiger partial charge in [0.1, 0.15) is 5.75 Å². The van der Waals surface area contributed by atoms with Crippen molar-refractivity contribution in [2.75, 3.05) is 17.7 Å². The van der Waals surface area contributed by atoms with Crippen molar-refractivity contribution in [1.82, 2.24) is 0 Å². The van der Waals surface area contributed by atoms with Crippen LogP contribution in [-0.2, 0) is 0 Å². The minimum atomic E-state index is -0.315. The predicted octanol–water partition coefficient (Wildman–Crippen LogP) is 2.63. The molecule has 0 spiro atoms. The lowest BCUT2D eigenvalue weighted by Gasteiger charge is -2.18.